The maximum absolute atomic E-state index is 12.3. The molecule has 23 heavy (non-hydrogen) atoms. The highest BCUT2D eigenvalue weighted by Crippen LogP contribution is 2.30. The van der Waals surface area contributed by atoms with Crippen molar-refractivity contribution in [2.75, 3.05) is 19.8 Å². The van der Waals surface area contributed by atoms with Gasteiger partial charge in [0.1, 0.15) is 11.8 Å². The monoisotopic (exact) mass is 317 g/mol. The summed E-state index contributed by atoms with van der Waals surface area (Å²) in [6.45, 7) is 2.19. The Hall–Kier alpha value is -1.63. The maximum atomic E-state index is 12.3. The van der Waals surface area contributed by atoms with E-state index >= 15 is 0 Å². The molecular formula is C17H23N3O3. The Bertz CT molecular complexity index is 586. The average molecular weight is 317 g/mol. The number of rotatable bonds is 4. The SMILES string of the molecule is O=C(NCC1CCCO1)C1CC(c2ccc3c(c2)CCO3)NN1. The van der Waals surface area contributed by atoms with Gasteiger partial charge in [0.05, 0.1) is 12.7 Å². The topological polar surface area (TPSA) is 71.6 Å². The van der Waals surface area contributed by atoms with Gasteiger partial charge in [-0.25, -0.2) is 10.9 Å². The van der Waals surface area contributed by atoms with Crippen LogP contribution in [0, 0.1) is 0 Å². The smallest absolute Gasteiger partial charge is 0.238 e. The predicted octanol–water partition coefficient (Wildman–Crippen LogP) is 0.824. The van der Waals surface area contributed by atoms with Crippen LogP contribution >= 0.6 is 0 Å². The average Bonchev–Trinajstić information content (AvgIpc) is 3.32. The molecule has 0 spiro atoms. The molecule has 0 radical (unpaired) electrons. The van der Waals surface area contributed by atoms with Gasteiger partial charge in [-0.05, 0) is 36.5 Å². The standard InChI is InChI=1S/C17H23N3O3/c21-17(18-10-13-2-1-6-22-13)15-9-14(19-20-15)11-3-4-16-12(8-11)5-7-23-16/h3-4,8,13-15,19-20H,1-2,5-7,9-10H2,(H,18,21). The van der Waals surface area contributed by atoms with E-state index in [0.29, 0.717) is 6.54 Å². The van der Waals surface area contributed by atoms with Gasteiger partial charge >= 0.3 is 0 Å². The fourth-order valence-electron chi connectivity index (χ4n) is 3.51. The third-order valence-corrected chi connectivity index (χ3v) is 4.86. The van der Waals surface area contributed by atoms with Gasteiger partial charge in [0.15, 0.2) is 0 Å². The molecule has 3 unspecified atom stereocenters. The summed E-state index contributed by atoms with van der Waals surface area (Å²) in [6, 6.07) is 6.25. The fraction of sp³-hybridized carbons (Fsp3) is 0.588. The molecule has 0 aromatic heterocycles. The highest BCUT2D eigenvalue weighted by molar-refractivity contribution is 5.82. The molecule has 3 aliphatic rings. The number of hydrogen-bond acceptors (Lipinski definition) is 5. The summed E-state index contributed by atoms with van der Waals surface area (Å²) in [5.74, 6) is 1.03. The molecular weight excluding hydrogens is 294 g/mol. The molecule has 0 aliphatic carbocycles. The van der Waals surface area contributed by atoms with Crippen LogP contribution in [0.15, 0.2) is 18.2 Å². The first-order valence-corrected chi connectivity index (χ1v) is 8.45. The quantitative estimate of drug-likeness (QED) is 0.767. The lowest BCUT2D eigenvalue weighted by Crippen LogP contribution is -2.45. The summed E-state index contributed by atoms with van der Waals surface area (Å²) in [4.78, 5) is 12.3. The molecule has 2 saturated heterocycles. The van der Waals surface area contributed by atoms with E-state index < -0.39 is 0 Å². The zero-order valence-corrected chi connectivity index (χ0v) is 13.1. The molecule has 6 nitrogen and oxygen atoms in total. The highest BCUT2D eigenvalue weighted by Gasteiger charge is 2.31. The minimum atomic E-state index is -0.203. The highest BCUT2D eigenvalue weighted by atomic mass is 16.5. The summed E-state index contributed by atoms with van der Waals surface area (Å²) in [7, 11) is 0. The number of amides is 1. The van der Waals surface area contributed by atoms with Crippen molar-refractivity contribution in [3.8, 4) is 5.75 Å². The normalized spacial score (nSPS) is 29.3. The van der Waals surface area contributed by atoms with Gasteiger partial charge in [0.2, 0.25) is 5.91 Å². The molecule has 1 aromatic rings. The van der Waals surface area contributed by atoms with E-state index in [0.717, 1.165) is 44.6 Å². The zero-order chi connectivity index (χ0) is 15.6. The molecule has 0 bridgehead atoms. The van der Waals surface area contributed by atoms with Crippen LogP contribution in [0.25, 0.3) is 0 Å². The molecule has 3 N–H and O–H groups in total. The summed E-state index contributed by atoms with van der Waals surface area (Å²) in [5.41, 5.74) is 8.82. The van der Waals surface area contributed by atoms with Crippen LogP contribution in [-0.2, 0) is 16.0 Å². The van der Waals surface area contributed by atoms with Gasteiger partial charge in [-0.3, -0.25) is 4.79 Å². The first-order chi connectivity index (χ1) is 11.3. The van der Waals surface area contributed by atoms with Crippen molar-refractivity contribution in [3.05, 3.63) is 29.3 Å². The maximum Gasteiger partial charge on any atom is 0.238 e. The van der Waals surface area contributed by atoms with E-state index in [-0.39, 0.29) is 24.1 Å². The zero-order valence-electron chi connectivity index (χ0n) is 13.1. The van der Waals surface area contributed by atoms with Crippen LogP contribution in [-0.4, -0.2) is 37.8 Å². The van der Waals surface area contributed by atoms with Crippen LogP contribution in [0.1, 0.15) is 36.4 Å². The van der Waals surface area contributed by atoms with Crippen molar-refractivity contribution < 1.29 is 14.3 Å². The van der Waals surface area contributed by atoms with E-state index in [2.05, 4.69) is 28.3 Å². The van der Waals surface area contributed by atoms with Crippen molar-refractivity contribution in [2.45, 2.75) is 43.9 Å². The third-order valence-electron chi connectivity index (χ3n) is 4.86. The van der Waals surface area contributed by atoms with Gasteiger partial charge < -0.3 is 14.8 Å². The molecule has 2 fully saturated rings. The van der Waals surface area contributed by atoms with Crippen molar-refractivity contribution in [2.24, 2.45) is 0 Å². The Morgan fingerprint density at radius 1 is 1.30 bits per heavy atom. The molecule has 3 heterocycles. The Morgan fingerprint density at radius 2 is 2.26 bits per heavy atom. The van der Waals surface area contributed by atoms with E-state index in [4.69, 9.17) is 9.47 Å². The van der Waals surface area contributed by atoms with E-state index in [1.807, 2.05) is 6.07 Å². The minimum absolute atomic E-state index is 0.0417. The Morgan fingerprint density at radius 3 is 3.13 bits per heavy atom. The van der Waals surface area contributed by atoms with E-state index in [9.17, 15) is 4.79 Å². The number of ether oxygens (including phenoxy) is 2. The van der Waals surface area contributed by atoms with Crippen LogP contribution in [0.2, 0.25) is 0 Å². The first kappa shape index (κ1) is 14.9. The molecule has 0 saturated carbocycles. The summed E-state index contributed by atoms with van der Waals surface area (Å²) in [6.07, 6.45) is 4.02. The largest absolute Gasteiger partial charge is 0.493 e. The Labute approximate surface area is 135 Å². The molecule has 124 valence electrons. The fourth-order valence-corrected chi connectivity index (χ4v) is 3.51. The Kier molecular flexibility index (Phi) is 4.20. The lowest BCUT2D eigenvalue weighted by Gasteiger charge is -2.14. The van der Waals surface area contributed by atoms with E-state index in [1.165, 1.54) is 11.1 Å². The summed E-state index contributed by atoms with van der Waals surface area (Å²) >= 11 is 0. The van der Waals surface area contributed by atoms with Gasteiger partial charge in [0, 0.05) is 25.6 Å². The molecule has 1 aromatic carbocycles. The van der Waals surface area contributed by atoms with Gasteiger partial charge in [0.25, 0.3) is 0 Å². The van der Waals surface area contributed by atoms with E-state index in [1.54, 1.807) is 0 Å². The second-order valence-electron chi connectivity index (χ2n) is 6.48. The molecule has 3 aliphatic heterocycles. The number of fused-ring (bicyclic) bond motifs is 1. The minimum Gasteiger partial charge on any atom is -0.493 e. The lowest BCUT2D eigenvalue weighted by atomic mass is 9.99. The lowest BCUT2D eigenvalue weighted by molar-refractivity contribution is -0.123. The van der Waals surface area contributed by atoms with Gasteiger partial charge in [-0.15, -0.1) is 0 Å². The number of hydrazine groups is 1. The summed E-state index contributed by atoms with van der Waals surface area (Å²) in [5, 5.41) is 2.99. The molecule has 6 heteroatoms. The number of nitrogens with one attached hydrogen (secondary N) is 3. The van der Waals surface area contributed by atoms with Crippen LogP contribution in [0.4, 0.5) is 0 Å². The predicted molar refractivity (Wildman–Crippen MR) is 85.0 cm³/mol. The van der Waals surface area contributed by atoms with Crippen LogP contribution in [0.5, 0.6) is 5.75 Å². The second-order valence-corrected chi connectivity index (χ2v) is 6.48. The first-order valence-electron chi connectivity index (χ1n) is 8.45. The van der Waals surface area contributed by atoms with Crippen molar-refractivity contribution in [3.63, 3.8) is 0 Å². The number of hydrogen-bond donors (Lipinski definition) is 3. The number of carbonyl (C=O) groups excluding carboxylic acids is 1. The molecule has 1 amide bonds. The Balaban J connectivity index is 1.32. The molecule has 3 atom stereocenters. The van der Waals surface area contributed by atoms with Crippen molar-refractivity contribution in [1.82, 2.24) is 16.2 Å². The van der Waals surface area contributed by atoms with Crippen molar-refractivity contribution in [1.29, 1.82) is 0 Å². The second kappa shape index (κ2) is 6.47. The number of carbonyl (C=O) groups is 1. The van der Waals surface area contributed by atoms with Gasteiger partial charge in [-0.2, -0.15) is 0 Å². The summed E-state index contributed by atoms with van der Waals surface area (Å²) < 4.78 is 11.1. The van der Waals surface area contributed by atoms with Gasteiger partial charge in [-0.1, -0.05) is 12.1 Å². The third kappa shape index (κ3) is 3.20. The molecule has 4 rings (SSSR count). The van der Waals surface area contributed by atoms with Crippen LogP contribution in [0.3, 0.4) is 0 Å². The van der Waals surface area contributed by atoms with Crippen LogP contribution < -0.4 is 20.9 Å². The van der Waals surface area contributed by atoms with Crippen molar-refractivity contribution >= 4 is 5.91 Å². The number of benzene rings is 1.